The number of rotatable bonds is 5. The summed E-state index contributed by atoms with van der Waals surface area (Å²) in [6, 6.07) is 7.48. The SMILES string of the molecule is CC(CNc1cccc(Cl)c1)CC(N)=O. The molecule has 0 spiro atoms. The maximum absolute atomic E-state index is 10.6. The predicted molar refractivity (Wildman–Crippen MR) is 62.9 cm³/mol. The second kappa shape index (κ2) is 5.61. The molecule has 1 rings (SSSR count). The minimum absolute atomic E-state index is 0.224. The third-order valence-corrected chi connectivity index (χ3v) is 2.26. The van der Waals surface area contributed by atoms with E-state index in [1.807, 2.05) is 31.2 Å². The van der Waals surface area contributed by atoms with Gasteiger partial charge in [0.25, 0.3) is 0 Å². The summed E-state index contributed by atoms with van der Waals surface area (Å²) in [7, 11) is 0. The summed E-state index contributed by atoms with van der Waals surface area (Å²) < 4.78 is 0. The first-order valence-electron chi connectivity index (χ1n) is 4.85. The van der Waals surface area contributed by atoms with Crippen LogP contribution in [0.3, 0.4) is 0 Å². The van der Waals surface area contributed by atoms with Crippen LogP contribution in [-0.4, -0.2) is 12.5 Å². The van der Waals surface area contributed by atoms with Crippen LogP contribution in [0, 0.1) is 5.92 Å². The highest BCUT2D eigenvalue weighted by atomic mass is 35.5. The van der Waals surface area contributed by atoms with Crippen molar-refractivity contribution in [2.24, 2.45) is 11.7 Å². The van der Waals surface area contributed by atoms with Crippen LogP contribution in [0.15, 0.2) is 24.3 Å². The summed E-state index contributed by atoms with van der Waals surface area (Å²) in [5.41, 5.74) is 6.06. The molecule has 15 heavy (non-hydrogen) atoms. The van der Waals surface area contributed by atoms with E-state index >= 15 is 0 Å². The van der Waals surface area contributed by atoms with E-state index in [2.05, 4.69) is 5.32 Å². The number of carbonyl (C=O) groups is 1. The van der Waals surface area contributed by atoms with E-state index in [1.165, 1.54) is 0 Å². The lowest BCUT2D eigenvalue weighted by atomic mass is 10.1. The van der Waals surface area contributed by atoms with Gasteiger partial charge in [0.1, 0.15) is 0 Å². The number of hydrogen-bond acceptors (Lipinski definition) is 2. The molecule has 0 saturated heterocycles. The molecule has 0 heterocycles. The van der Waals surface area contributed by atoms with E-state index in [0.717, 1.165) is 5.69 Å². The van der Waals surface area contributed by atoms with E-state index < -0.39 is 0 Å². The fourth-order valence-electron chi connectivity index (χ4n) is 1.31. The summed E-state index contributed by atoms with van der Waals surface area (Å²) in [4.78, 5) is 10.6. The molecule has 0 aromatic heterocycles. The topological polar surface area (TPSA) is 55.1 Å². The lowest BCUT2D eigenvalue weighted by molar-refractivity contribution is -0.118. The Balaban J connectivity index is 2.40. The predicted octanol–water partition coefficient (Wildman–Crippen LogP) is 2.26. The zero-order valence-corrected chi connectivity index (χ0v) is 9.42. The molecule has 1 unspecified atom stereocenters. The van der Waals surface area contributed by atoms with Crippen LogP contribution in [0.25, 0.3) is 0 Å². The van der Waals surface area contributed by atoms with Crippen LogP contribution >= 0.6 is 11.6 Å². The van der Waals surface area contributed by atoms with Crippen molar-refractivity contribution in [3.63, 3.8) is 0 Å². The van der Waals surface area contributed by atoms with Crippen molar-refractivity contribution < 1.29 is 4.79 Å². The third kappa shape index (κ3) is 4.70. The van der Waals surface area contributed by atoms with Crippen LogP contribution in [-0.2, 0) is 4.79 Å². The van der Waals surface area contributed by atoms with Gasteiger partial charge >= 0.3 is 0 Å². The average molecular weight is 227 g/mol. The normalized spacial score (nSPS) is 12.1. The number of anilines is 1. The zero-order chi connectivity index (χ0) is 11.3. The maximum Gasteiger partial charge on any atom is 0.217 e. The van der Waals surface area contributed by atoms with E-state index in [0.29, 0.717) is 18.0 Å². The maximum atomic E-state index is 10.6. The molecule has 1 aromatic rings. The van der Waals surface area contributed by atoms with Crippen LogP contribution in [0.2, 0.25) is 5.02 Å². The highest BCUT2D eigenvalue weighted by Gasteiger charge is 2.05. The van der Waals surface area contributed by atoms with Crippen molar-refractivity contribution in [1.82, 2.24) is 0 Å². The van der Waals surface area contributed by atoms with E-state index in [9.17, 15) is 4.79 Å². The number of benzene rings is 1. The monoisotopic (exact) mass is 226 g/mol. The number of nitrogens with two attached hydrogens (primary N) is 1. The molecule has 1 atom stereocenters. The van der Waals surface area contributed by atoms with E-state index in [-0.39, 0.29) is 11.8 Å². The summed E-state index contributed by atoms with van der Waals surface area (Å²) in [6.45, 7) is 2.69. The molecule has 4 heteroatoms. The molecule has 3 nitrogen and oxygen atoms in total. The number of carbonyl (C=O) groups excluding carboxylic acids is 1. The number of amides is 1. The van der Waals surface area contributed by atoms with Gasteiger partial charge in [-0.1, -0.05) is 24.6 Å². The highest BCUT2D eigenvalue weighted by molar-refractivity contribution is 6.30. The Morgan fingerprint density at radius 2 is 2.33 bits per heavy atom. The Morgan fingerprint density at radius 3 is 2.93 bits per heavy atom. The van der Waals surface area contributed by atoms with Crippen LogP contribution in [0.5, 0.6) is 0 Å². The Bertz CT molecular complexity index is 341. The fourth-order valence-corrected chi connectivity index (χ4v) is 1.50. The Kier molecular flexibility index (Phi) is 4.43. The molecule has 0 aliphatic rings. The van der Waals surface area contributed by atoms with Crippen molar-refractivity contribution in [3.05, 3.63) is 29.3 Å². The largest absolute Gasteiger partial charge is 0.385 e. The van der Waals surface area contributed by atoms with Crippen LogP contribution in [0.4, 0.5) is 5.69 Å². The summed E-state index contributed by atoms with van der Waals surface area (Å²) in [5, 5.41) is 3.90. The van der Waals surface area contributed by atoms with Gasteiger partial charge in [0, 0.05) is 23.7 Å². The van der Waals surface area contributed by atoms with E-state index in [4.69, 9.17) is 17.3 Å². The van der Waals surface area contributed by atoms with Crippen molar-refractivity contribution in [2.75, 3.05) is 11.9 Å². The summed E-state index contributed by atoms with van der Waals surface area (Å²) in [6.07, 6.45) is 0.396. The van der Waals surface area contributed by atoms with Gasteiger partial charge < -0.3 is 11.1 Å². The summed E-state index contributed by atoms with van der Waals surface area (Å²) in [5.74, 6) is -0.0446. The van der Waals surface area contributed by atoms with Crippen LogP contribution < -0.4 is 11.1 Å². The second-order valence-electron chi connectivity index (χ2n) is 3.67. The Hall–Kier alpha value is -1.22. The summed E-state index contributed by atoms with van der Waals surface area (Å²) >= 11 is 5.83. The lowest BCUT2D eigenvalue weighted by Gasteiger charge is -2.11. The van der Waals surface area contributed by atoms with Crippen molar-refractivity contribution in [1.29, 1.82) is 0 Å². The first kappa shape index (κ1) is 11.9. The minimum Gasteiger partial charge on any atom is -0.385 e. The molecule has 0 aliphatic heterocycles. The van der Waals surface area contributed by atoms with E-state index in [1.54, 1.807) is 0 Å². The number of primary amides is 1. The molecule has 0 aliphatic carbocycles. The third-order valence-electron chi connectivity index (χ3n) is 2.03. The minimum atomic E-state index is -0.268. The van der Waals surface area contributed by atoms with Gasteiger partial charge in [0.05, 0.1) is 0 Å². The fraction of sp³-hybridized carbons (Fsp3) is 0.364. The average Bonchev–Trinajstić information content (AvgIpc) is 2.14. The molecule has 82 valence electrons. The second-order valence-corrected chi connectivity index (χ2v) is 4.10. The first-order chi connectivity index (χ1) is 7.08. The van der Waals surface area contributed by atoms with Crippen LogP contribution in [0.1, 0.15) is 13.3 Å². The Labute approximate surface area is 94.6 Å². The highest BCUT2D eigenvalue weighted by Crippen LogP contribution is 2.15. The van der Waals surface area contributed by atoms with Gasteiger partial charge in [-0.2, -0.15) is 0 Å². The number of halogens is 1. The molecule has 0 saturated carbocycles. The zero-order valence-electron chi connectivity index (χ0n) is 8.66. The van der Waals surface area contributed by atoms with Gasteiger partial charge in [-0.25, -0.2) is 0 Å². The molecule has 0 radical (unpaired) electrons. The Morgan fingerprint density at radius 1 is 1.60 bits per heavy atom. The van der Waals surface area contributed by atoms with Gasteiger partial charge in [-0.3, -0.25) is 4.79 Å². The lowest BCUT2D eigenvalue weighted by Crippen LogP contribution is -2.19. The van der Waals surface area contributed by atoms with Crippen molar-refractivity contribution >= 4 is 23.2 Å². The van der Waals surface area contributed by atoms with Gasteiger partial charge in [0.2, 0.25) is 5.91 Å². The van der Waals surface area contributed by atoms with Gasteiger partial charge in [-0.05, 0) is 24.1 Å². The smallest absolute Gasteiger partial charge is 0.217 e. The molecule has 3 N–H and O–H groups in total. The first-order valence-corrected chi connectivity index (χ1v) is 5.23. The molecular formula is C11H15ClN2O. The van der Waals surface area contributed by atoms with Crippen molar-refractivity contribution in [3.8, 4) is 0 Å². The standard InChI is InChI=1S/C11H15ClN2O/c1-8(5-11(13)15)7-14-10-4-2-3-9(12)6-10/h2-4,6,8,14H,5,7H2,1H3,(H2,13,15). The molecule has 1 aromatic carbocycles. The molecule has 0 fully saturated rings. The van der Waals surface area contributed by atoms with Gasteiger partial charge in [0.15, 0.2) is 0 Å². The molecular weight excluding hydrogens is 212 g/mol. The molecule has 0 bridgehead atoms. The quantitative estimate of drug-likeness (QED) is 0.809. The van der Waals surface area contributed by atoms with Gasteiger partial charge in [-0.15, -0.1) is 0 Å². The number of hydrogen-bond donors (Lipinski definition) is 2. The number of nitrogens with one attached hydrogen (secondary N) is 1. The van der Waals surface area contributed by atoms with Crippen molar-refractivity contribution in [2.45, 2.75) is 13.3 Å². The molecule has 1 amide bonds.